The van der Waals surface area contributed by atoms with Gasteiger partial charge in [-0.1, -0.05) is 293 Å². The lowest BCUT2D eigenvalue weighted by Gasteiger charge is -2.18. The Morgan fingerprint density at radius 2 is 0.520 bits per heavy atom. The monoisotopic (exact) mass is 1050 g/mol. The van der Waals surface area contributed by atoms with Gasteiger partial charge in [0, 0.05) is 19.3 Å². The summed E-state index contributed by atoms with van der Waals surface area (Å²) in [6.45, 7) is 6.48. The molecule has 0 aromatic carbocycles. The zero-order chi connectivity index (χ0) is 54.3. The summed E-state index contributed by atoms with van der Waals surface area (Å²) in [4.78, 5) is 37.9. The fourth-order valence-corrected chi connectivity index (χ4v) is 9.35. The lowest BCUT2D eigenvalue weighted by atomic mass is 10.0. The topological polar surface area (TPSA) is 78.9 Å². The number of allylic oxidation sites excluding steroid dienone is 12. The van der Waals surface area contributed by atoms with Gasteiger partial charge in [-0.15, -0.1) is 0 Å². The molecule has 0 saturated heterocycles. The average Bonchev–Trinajstić information content (AvgIpc) is 3.41. The Balaban J connectivity index is 4.01. The van der Waals surface area contributed by atoms with Crippen LogP contribution in [0.2, 0.25) is 0 Å². The van der Waals surface area contributed by atoms with Crippen LogP contribution in [0.1, 0.15) is 329 Å². The molecule has 0 saturated carbocycles. The van der Waals surface area contributed by atoms with E-state index in [1.54, 1.807) is 0 Å². The molecule has 0 bridgehead atoms. The Bertz CT molecular complexity index is 1390. The van der Waals surface area contributed by atoms with Gasteiger partial charge >= 0.3 is 17.9 Å². The van der Waals surface area contributed by atoms with Crippen LogP contribution >= 0.6 is 0 Å². The van der Waals surface area contributed by atoms with E-state index in [1.807, 2.05) is 0 Å². The smallest absolute Gasteiger partial charge is 0.306 e. The number of hydrogen-bond acceptors (Lipinski definition) is 6. The molecule has 6 heteroatoms. The molecule has 1 atom stereocenters. The van der Waals surface area contributed by atoms with Crippen molar-refractivity contribution in [3.05, 3.63) is 72.9 Å². The first-order valence-corrected chi connectivity index (χ1v) is 32.4. The fourth-order valence-electron chi connectivity index (χ4n) is 9.35. The van der Waals surface area contributed by atoms with Crippen molar-refractivity contribution < 1.29 is 28.6 Å². The van der Waals surface area contributed by atoms with Crippen molar-refractivity contribution in [1.29, 1.82) is 0 Å². The van der Waals surface area contributed by atoms with Gasteiger partial charge in [0.25, 0.3) is 0 Å². The molecular weight excluding hydrogens is 925 g/mol. The zero-order valence-corrected chi connectivity index (χ0v) is 49.8. The number of rotatable bonds is 59. The highest BCUT2D eigenvalue weighted by atomic mass is 16.6. The molecule has 0 radical (unpaired) electrons. The van der Waals surface area contributed by atoms with Crippen LogP contribution in [0.4, 0.5) is 0 Å². The lowest BCUT2D eigenvalue weighted by Crippen LogP contribution is -2.30. The van der Waals surface area contributed by atoms with E-state index >= 15 is 0 Å². The minimum Gasteiger partial charge on any atom is -0.462 e. The standard InChI is InChI=1S/C69H122O6/c1-4-7-10-13-15-17-19-21-23-25-27-29-31-32-33-34-35-36-38-39-41-43-45-47-49-51-53-56-59-62-68(71)74-65-66(64-73-67(70)61-58-55-12-9-6-3)75-69(72)63-60-57-54-52-50-48-46-44-42-40-37-30-28-26-24-22-20-18-16-14-11-8-5-2/h7,10,15,17,21,23,26-29,32-33,66H,4-6,8-9,11-14,16,18-20,22,24-25,30-31,34-65H2,1-3H3/b10-7-,17-15-,23-21-,28-26-,29-27-,33-32-. The zero-order valence-electron chi connectivity index (χ0n) is 49.8. The summed E-state index contributed by atoms with van der Waals surface area (Å²) in [6.07, 6.45) is 82.5. The molecular formula is C69H122O6. The van der Waals surface area contributed by atoms with Gasteiger partial charge < -0.3 is 14.2 Å². The summed E-state index contributed by atoms with van der Waals surface area (Å²) in [6, 6.07) is 0. The van der Waals surface area contributed by atoms with E-state index in [1.165, 1.54) is 193 Å². The average molecular weight is 1050 g/mol. The third-order valence-corrected chi connectivity index (χ3v) is 14.2. The van der Waals surface area contributed by atoms with E-state index in [0.29, 0.717) is 19.3 Å². The molecule has 0 fully saturated rings. The molecule has 0 aliphatic heterocycles. The van der Waals surface area contributed by atoms with Crippen molar-refractivity contribution in [2.45, 2.75) is 335 Å². The highest BCUT2D eigenvalue weighted by molar-refractivity contribution is 5.71. The number of esters is 3. The molecule has 0 spiro atoms. The van der Waals surface area contributed by atoms with Crippen molar-refractivity contribution in [3.63, 3.8) is 0 Å². The molecule has 0 heterocycles. The largest absolute Gasteiger partial charge is 0.462 e. The number of carbonyl (C=O) groups excluding carboxylic acids is 3. The molecule has 434 valence electrons. The summed E-state index contributed by atoms with van der Waals surface area (Å²) in [5.74, 6) is -0.875. The maximum atomic E-state index is 12.8. The third-order valence-electron chi connectivity index (χ3n) is 14.2. The van der Waals surface area contributed by atoms with Gasteiger partial charge in [0.15, 0.2) is 6.10 Å². The van der Waals surface area contributed by atoms with Crippen LogP contribution < -0.4 is 0 Å². The maximum absolute atomic E-state index is 12.8. The lowest BCUT2D eigenvalue weighted by molar-refractivity contribution is -0.167. The van der Waals surface area contributed by atoms with Gasteiger partial charge in [0.1, 0.15) is 13.2 Å². The van der Waals surface area contributed by atoms with Crippen LogP contribution in [-0.2, 0) is 28.6 Å². The van der Waals surface area contributed by atoms with Crippen molar-refractivity contribution in [1.82, 2.24) is 0 Å². The summed E-state index contributed by atoms with van der Waals surface area (Å²) >= 11 is 0. The Morgan fingerprint density at radius 1 is 0.280 bits per heavy atom. The van der Waals surface area contributed by atoms with Crippen LogP contribution in [0.5, 0.6) is 0 Å². The highest BCUT2D eigenvalue weighted by Crippen LogP contribution is 2.17. The highest BCUT2D eigenvalue weighted by Gasteiger charge is 2.19. The van der Waals surface area contributed by atoms with Crippen molar-refractivity contribution in [2.24, 2.45) is 0 Å². The van der Waals surface area contributed by atoms with Gasteiger partial charge in [-0.3, -0.25) is 14.4 Å². The molecule has 0 amide bonds. The van der Waals surface area contributed by atoms with Gasteiger partial charge in [-0.2, -0.15) is 0 Å². The Hall–Kier alpha value is -3.15. The second-order valence-electron chi connectivity index (χ2n) is 21.6. The summed E-state index contributed by atoms with van der Waals surface area (Å²) in [7, 11) is 0. The Morgan fingerprint density at radius 3 is 0.827 bits per heavy atom. The fraction of sp³-hybridized carbons (Fsp3) is 0.783. The second-order valence-corrected chi connectivity index (χ2v) is 21.6. The number of carbonyl (C=O) groups is 3. The molecule has 0 aromatic rings. The first-order chi connectivity index (χ1) is 37.0. The maximum Gasteiger partial charge on any atom is 0.306 e. The van der Waals surface area contributed by atoms with E-state index in [2.05, 4.69) is 93.7 Å². The van der Waals surface area contributed by atoms with E-state index in [0.717, 1.165) is 96.3 Å². The molecule has 0 aromatic heterocycles. The minimum absolute atomic E-state index is 0.0735. The number of ether oxygens (including phenoxy) is 3. The second kappa shape index (κ2) is 63.4. The van der Waals surface area contributed by atoms with Crippen LogP contribution in [0, 0.1) is 0 Å². The minimum atomic E-state index is -0.772. The molecule has 75 heavy (non-hydrogen) atoms. The number of unbranched alkanes of at least 4 members (excludes halogenated alkanes) is 36. The van der Waals surface area contributed by atoms with Gasteiger partial charge in [0.2, 0.25) is 0 Å². The predicted molar refractivity (Wildman–Crippen MR) is 325 cm³/mol. The molecule has 0 aliphatic carbocycles. The van der Waals surface area contributed by atoms with Gasteiger partial charge in [0.05, 0.1) is 0 Å². The van der Waals surface area contributed by atoms with Gasteiger partial charge in [-0.05, 0) is 89.9 Å². The van der Waals surface area contributed by atoms with Crippen molar-refractivity contribution >= 4 is 17.9 Å². The normalized spacial score (nSPS) is 12.5. The third kappa shape index (κ3) is 61.6. The number of hydrogen-bond donors (Lipinski definition) is 0. The molecule has 1 unspecified atom stereocenters. The quantitative estimate of drug-likeness (QED) is 0.0261. The van der Waals surface area contributed by atoms with E-state index in [-0.39, 0.29) is 31.1 Å². The summed E-state index contributed by atoms with van der Waals surface area (Å²) in [5, 5.41) is 0. The van der Waals surface area contributed by atoms with Crippen LogP contribution in [0.3, 0.4) is 0 Å². The molecule has 0 aliphatic rings. The summed E-state index contributed by atoms with van der Waals surface area (Å²) in [5.41, 5.74) is 0. The first-order valence-electron chi connectivity index (χ1n) is 32.4. The SMILES string of the molecule is CC/C=C\C/C=C\C/C=C\C/C=C\C/C=C\CCCCCCCCCCCCCCCC(=O)OCC(COC(=O)CCCCCCC)OC(=O)CCCCCCCCCCCCC/C=C\CCCCCCCCCC. The predicted octanol–water partition coefficient (Wildman–Crippen LogP) is 22.1. The van der Waals surface area contributed by atoms with E-state index < -0.39 is 6.10 Å². The van der Waals surface area contributed by atoms with E-state index in [4.69, 9.17) is 14.2 Å². The van der Waals surface area contributed by atoms with Gasteiger partial charge in [-0.25, -0.2) is 0 Å². The van der Waals surface area contributed by atoms with Crippen LogP contribution in [0.25, 0.3) is 0 Å². The van der Waals surface area contributed by atoms with Crippen LogP contribution in [-0.4, -0.2) is 37.2 Å². The van der Waals surface area contributed by atoms with Crippen LogP contribution in [0.15, 0.2) is 72.9 Å². The van der Waals surface area contributed by atoms with Crippen molar-refractivity contribution in [2.75, 3.05) is 13.2 Å². The first kappa shape index (κ1) is 71.8. The summed E-state index contributed by atoms with van der Waals surface area (Å²) < 4.78 is 16.8. The Kier molecular flexibility index (Phi) is 60.7. The Labute approximate surface area is 465 Å². The molecule has 0 rings (SSSR count). The van der Waals surface area contributed by atoms with Crippen molar-refractivity contribution in [3.8, 4) is 0 Å². The van der Waals surface area contributed by atoms with E-state index in [9.17, 15) is 14.4 Å². The molecule has 0 N–H and O–H groups in total. The molecule has 6 nitrogen and oxygen atoms in total.